The van der Waals surface area contributed by atoms with Crippen LogP contribution >= 0.6 is 11.3 Å². The maximum absolute atomic E-state index is 13.1. The number of likely N-dealkylation sites (tertiary alicyclic amines) is 1. The molecule has 2 fully saturated rings. The van der Waals surface area contributed by atoms with Crippen LogP contribution in [0, 0.1) is 19.8 Å². The smallest absolute Gasteiger partial charge is 0.264 e. The molecule has 0 spiro atoms. The van der Waals surface area contributed by atoms with Crippen LogP contribution in [0.5, 0.6) is 0 Å². The highest BCUT2D eigenvalue weighted by Gasteiger charge is 2.30. The molecule has 4 rings (SSSR count). The minimum atomic E-state index is 0.0669. The van der Waals surface area contributed by atoms with Gasteiger partial charge in [-0.25, -0.2) is 9.97 Å². The molecule has 1 aliphatic heterocycles. The molecule has 2 N–H and O–H groups in total. The maximum Gasteiger partial charge on any atom is 0.264 e. The van der Waals surface area contributed by atoms with Gasteiger partial charge in [0, 0.05) is 19.7 Å². The molecule has 0 radical (unpaired) electrons. The molecule has 2 aromatic rings. The maximum atomic E-state index is 13.1. The van der Waals surface area contributed by atoms with Gasteiger partial charge in [-0.15, -0.1) is 11.3 Å². The monoisotopic (exact) mass is 360 g/mol. The SMILES string of the molecule is Cc1nc(N)c2c(C)c(C(=O)N3CCCC(OCC4CC4)C3)sc2n1. The molecule has 6 nitrogen and oxygen atoms in total. The van der Waals surface area contributed by atoms with E-state index >= 15 is 0 Å². The van der Waals surface area contributed by atoms with E-state index in [-0.39, 0.29) is 12.0 Å². The lowest BCUT2D eigenvalue weighted by molar-refractivity contribution is -0.00229. The first-order valence-corrected chi connectivity index (χ1v) is 9.78. The fourth-order valence-electron chi connectivity index (χ4n) is 3.44. The van der Waals surface area contributed by atoms with E-state index in [0.29, 0.717) is 18.2 Å². The lowest BCUT2D eigenvalue weighted by atomic mass is 10.1. The molecule has 25 heavy (non-hydrogen) atoms. The van der Waals surface area contributed by atoms with Crippen LogP contribution in [0.25, 0.3) is 10.2 Å². The molecule has 1 saturated carbocycles. The van der Waals surface area contributed by atoms with Crippen LogP contribution in [0.3, 0.4) is 0 Å². The van der Waals surface area contributed by atoms with Crippen molar-refractivity contribution in [1.82, 2.24) is 14.9 Å². The van der Waals surface area contributed by atoms with Crippen molar-refractivity contribution in [1.29, 1.82) is 0 Å². The number of nitrogens with zero attached hydrogens (tertiary/aromatic N) is 3. The summed E-state index contributed by atoms with van der Waals surface area (Å²) in [6.07, 6.45) is 4.78. The van der Waals surface area contributed by atoms with E-state index < -0.39 is 0 Å². The molecule has 1 unspecified atom stereocenters. The fourth-order valence-corrected chi connectivity index (χ4v) is 4.65. The summed E-state index contributed by atoms with van der Waals surface area (Å²) in [6.45, 7) is 6.07. The number of aromatic nitrogens is 2. The minimum absolute atomic E-state index is 0.0669. The lowest BCUT2D eigenvalue weighted by Gasteiger charge is -2.32. The first-order chi connectivity index (χ1) is 12.0. The molecule has 2 aromatic heterocycles. The fraction of sp³-hybridized carbons (Fsp3) is 0.611. The van der Waals surface area contributed by atoms with E-state index in [2.05, 4.69) is 9.97 Å². The summed E-state index contributed by atoms with van der Waals surface area (Å²) < 4.78 is 6.01. The van der Waals surface area contributed by atoms with Crippen molar-refractivity contribution >= 4 is 33.3 Å². The standard InChI is InChI=1S/C18H24N4O2S/c1-10-14-16(19)20-11(2)21-17(14)25-15(10)18(23)22-7-3-4-13(8-22)24-9-12-5-6-12/h12-13H,3-9H2,1-2H3,(H2,19,20,21). The third-order valence-electron chi connectivity index (χ3n) is 5.05. The zero-order valence-corrected chi connectivity index (χ0v) is 15.6. The number of rotatable bonds is 4. The van der Waals surface area contributed by atoms with Gasteiger partial charge in [0.1, 0.15) is 16.5 Å². The molecule has 7 heteroatoms. The summed E-state index contributed by atoms with van der Waals surface area (Å²) in [6, 6.07) is 0. The van der Waals surface area contributed by atoms with Crippen LogP contribution in [-0.2, 0) is 4.74 Å². The highest BCUT2D eigenvalue weighted by atomic mass is 32.1. The topological polar surface area (TPSA) is 81.3 Å². The van der Waals surface area contributed by atoms with E-state index in [9.17, 15) is 4.79 Å². The van der Waals surface area contributed by atoms with Crippen LogP contribution < -0.4 is 5.73 Å². The van der Waals surface area contributed by atoms with Crippen molar-refractivity contribution in [3.05, 3.63) is 16.3 Å². The Morgan fingerprint density at radius 3 is 2.88 bits per heavy atom. The van der Waals surface area contributed by atoms with Gasteiger partial charge in [-0.2, -0.15) is 0 Å². The van der Waals surface area contributed by atoms with Gasteiger partial charge in [-0.1, -0.05) is 0 Å². The zero-order chi connectivity index (χ0) is 17.6. The Kier molecular flexibility index (Phi) is 4.37. The quantitative estimate of drug-likeness (QED) is 0.906. The molecular formula is C18H24N4O2S. The largest absolute Gasteiger partial charge is 0.383 e. The second-order valence-corrected chi connectivity index (χ2v) is 8.18. The van der Waals surface area contributed by atoms with Gasteiger partial charge < -0.3 is 15.4 Å². The Labute approximate surface area is 151 Å². The Hall–Kier alpha value is -1.73. The van der Waals surface area contributed by atoms with Crippen LogP contribution in [0.15, 0.2) is 0 Å². The van der Waals surface area contributed by atoms with Gasteiger partial charge in [0.15, 0.2) is 0 Å². The number of fused-ring (bicyclic) bond motifs is 1. The number of hydrogen-bond acceptors (Lipinski definition) is 6. The Bertz CT molecular complexity index is 815. The predicted octanol–water partition coefficient (Wildman–Crippen LogP) is 2.92. The lowest BCUT2D eigenvalue weighted by Crippen LogP contribution is -2.43. The number of amides is 1. The average molecular weight is 360 g/mol. The number of hydrogen-bond donors (Lipinski definition) is 1. The molecule has 0 aromatic carbocycles. The normalized spacial score (nSPS) is 21.0. The number of aryl methyl sites for hydroxylation is 2. The van der Waals surface area contributed by atoms with Crippen molar-refractivity contribution in [2.75, 3.05) is 25.4 Å². The average Bonchev–Trinajstić information content (AvgIpc) is 3.35. The summed E-state index contributed by atoms with van der Waals surface area (Å²) in [7, 11) is 0. The molecule has 0 bridgehead atoms. The third-order valence-corrected chi connectivity index (χ3v) is 6.23. The number of carbonyl (C=O) groups excluding carboxylic acids is 1. The molecule has 1 aliphatic carbocycles. The van der Waals surface area contributed by atoms with E-state index in [4.69, 9.17) is 10.5 Å². The summed E-state index contributed by atoms with van der Waals surface area (Å²) >= 11 is 1.42. The van der Waals surface area contributed by atoms with E-state index in [1.165, 1.54) is 24.2 Å². The van der Waals surface area contributed by atoms with E-state index in [1.54, 1.807) is 0 Å². The van der Waals surface area contributed by atoms with Gasteiger partial charge >= 0.3 is 0 Å². The van der Waals surface area contributed by atoms with Gasteiger partial charge in [-0.3, -0.25) is 4.79 Å². The number of nitrogens with two attached hydrogens (primary N) is 1. The number of piperidine rings is 1. The zero-order valence-electron chi connectivity index (χ0n) is 14.7. The summed E-state index contributed by atoms with van der Waals surface area (Å²) in [5.74, 6) is 1.91. The summed E-state index contributed by atoms with van der Waals surface area (Å²) in [4.78, 5) is 25.2. The Balaban J connectivity index is 1.54. The van der Waals surface area contributed by atoms with Gasteiger partial charge in [0.2, 0.25) is 0 Å². The summed E-state index contributed by atoms with van der Waals surface area (Å²) in [5.41, 5.74) is 6.95. The van der Waals surface area contributed by atoms with Crippen molar-refractivity contribution in [2.45, 2.75) is 45.6 Å². The molecule has 1 saturated heterocycles. The molecular weight excluding hydrogens is 336 g/mol. The number of carbonyl (C=O) groups is 1. The van der Waals surface area contributed by atoms with Gasteiger partial charge in [-0.05, 0) is 51.0 Å². The highest BCUT2D eigenvalue weighted by molar-refractivity contribution is 7.20. The van der Waals surface area contributed by atoms with Crippen LogP contribution in [0.2, 0.25) is 0 Å². The number of nitrogen functional groups attached to an aromatic ring is 1. The first-order valence-electron chi connectivity index (χ1n) is 8.97. The molecule has 2 aliphatic rings. The van der Waals surface area contributed by atoms with E-state index in [0.717, 1.165) is 52.6 Å². The molecule has 3 heterocycles. The Morgan fingerprint density at radius 1 is 1.32 bits per heavy atom. The molecule has 1 amide bonds. The first kappa shape index (κ1) is 16.7. The second kappa shape index (κ2) is 6.53. The Morgan fingerprint density at radius 2 is 2.12 bits per heavy atom. The van der Waals surface area contributed by atoms with Gasteiger partial charge in [0.05, 0.1) is 16.4 Å². The number of anilines is 1. The van der Waals surface area contributed by atoms with Crippen molar-refractivity contribution in [3.63, 3.8) is 0 Å². The number of ether oxygens (including phenoxy) is 1. The van der Waals surface area contributed by atoms with Crippen LogP contribution in [-0.4, -0.2) is 46.6 Å². The minimum Gasteiger partial charge on any atom is -0.383 e. The van der Waals surface area contributed by atoms with Crippen LogP contribution in [0.4, 0.5) is 5.82 Å². The molecule has 1 atom stereocenters. The van der Waals surface area contributed by atoms with E-state index in [1.807, 2.05) is 18.7 Å². The second-order valence-electron chi connectivity index (χ2n) is 7.18. The van der Waals surface area contributed by atoms with Crippen molar-refractivity contribution in [2.24, 2.45) is 5.92 Å². The number of thiophene rings is 1. The summed E-state index contributed by atoms with van der Waals surface area (Å²) in [5, 5.41) is 0.817. The van der Waals surface area contributed by atoms with Crippen LogP contribution in [0.1, 0.15) is 46.7 Å². The third kappa shape index (κ3) is 3.35. The highest BCUT2D eigenvalue weighted by Crippen LogP contribution is 2.34. The molecule has 134 valence electrons. The van der Waals surface area contributed by atoms with Crippen molar-refractivity contribution < 1.29 is 9.53 Å². The predicted molar refractivity (Wildman–Crippen MR) is 98.9 cm³/mol. The van der Waals surface area contributed by atoms with Crippen molar-refractivity contribution in [3.8, 4) is 0 Å². The van der Waals surface area contributed by atoms with Gasteiger partial charge in [0.25, 0.3) is 5.91 Å².